The van der Waals surface area contributed by atoms with Gasteiger partial charge in [0.15, 0.2) is 5.11 Å². The first-order valence-electron chi connectivity index (χ1n) is 11.8. The summed E-state index contributed by atoms with van der Waals surface area (Å²) in [6.07, 6.45) is 1.46. The summed E-state index contributed by atoms with van der Waals surface area (Å²) in [7, 11) is 0. The van der Waals surface area contributed by atoms with E-state index in [1.807, 2.05) is 55.5 Å². The number of benzene rings is 3. The molecule has 0 fully saturated rings. The molecule has 0 atom stereocenters. The summed E-state index contributed by atoms with van der Waals surface area (Å²) < 4.78 is 5.78. The largest absolute Gasteiger partial charge is 0.493 e. The highest BCUT2D eigenvalue weighted by Crippen LogP contribution is 2.34. The van der Waals surface area contributed by atoms with Crippen LogP contribution in [-0.4, -0.2) is 23.5 Å². The molecule has 0 spiro atoms. The number of hydrogen-bond donors (Lipinski definition) is 3. The Balaban J connectivity index is 1.35. The summed E-state index contributed by atoms with van der Waals surface area (Å²) in [5, 5.41) is 6.26. The summed E-state index contributed by atoms with van der Waals surface area (Å²) in [6.45, 7) is 2.41. The van der Waals surface area contributed by atoms with Crippen LogP contribution < -0.4 is 21.1 Å². The van der Waals surface area contributed by atoms with E-state index < -0.39 is 5.91 Å². The molecule has 0 aliphatic heterocycles. The molecule has 6 nitrogen and oxygen atoms in total. The second-order valence-corrected chi connectivity index (χ2v) is 9.91. The molecule has 0 bridgehead atoms. The lowest BCUT2D eigenvalue weighted by Crippen LogP contribution is -2.34. The molecule has 4 aromatic rings. The van der Waals surface area contributed by atoms with Gasteiger partial charge in [0.1, 0.15) is 10.8 Å². The van der Waals surface area contributed by atoms with E-state index in [2.05, 4.69) is 22.8 Å². The van der Waals surface area contributed by atoms with E-state index >= 15 is 0 Å². The van der Waals surface area contributed by atoms with E-state index in [-0.39, 0.29) is 11.0 Å². The molecule has 2 amide bonds. The highest BCUT2D eigenvalue weighted by atomic mass is 32.1. The van der Waals surface area contributed by atoms with E-state index in [9.17, 15) is 9.59 Å². The maximum atomic E-state index is 12.7. The predicted octanol–water partition coefficient (Wildman–Crippen LogP) is 5.49. The minimum atomic E-state index is -0.549. The molecule has 1 heterocycles. The Kier molecular flexibility index (Phi) is 8.66. The normalized spacial score (nSPS) is 10.5. The van der Waals surface area contributed by atoms with Crippen molar-refractivity contribution in [3.8, 4) is 5.75 Å². The van der Waals surface area contributed by atoms with E-state index in [4.69, 9.17) is 22.7 Å². The number of thiophene rings is 1. The Hall–Kier alpha value is -4.01. The highest BCUT2D eigenvalue weighted by molar-refractivity contribution is 7.80. The lowest BCUT2D eigenvalue weighted by molar-refractivity contribution is 0.0975. The summed E-state index contributed by atoms with van der Waals surface area (Å²) in [4.78, 5) is 25.9. The van der Waals surface area contributed by atoms with Crippen LogP contribution in [0.4, 0.5) is 5.00 Å². The molecule has 37 heavy (non-hydrogen) atoms. The Bertz CT molecular complexity index is 1390. The van der Waals surface area contributed by atoms with Crippen molar-refractivity contribution in [3.63, 3.8) is 0 Å². The van der Waals surface area contributed by atoms with Gasteiger partial charge in [-0.15, -0.1) is 11.3 Å². The Labute approximate surface area is 225 Å². The third kappa shape index (κ3) is 7.03. The lowest BCUT2D eigenvalue weighted by atomic mass is 10.1. The molecular weight excluding hydrogens is 502 g/mol. The molecule has 0 radical (unpaired) electrons. The minimum Gasteiger partial charge on any atom is -0.493 e. The van der Waals surface area contributed by atoms with Gasteiger partial charge in [-0.25, -0.2) is 0 Å². The number of thiocarbonyl (C=S) groups is 1. The number of anilines is 1. The number of amides is 2. The predicted molar refractivity (Wildman–Crippen MR) is 153 cm³/mol. The van der Waals surface area contributed by atoms with Crippen LogP contribution in [0.1, 0.15) is 42.3 Å². The first kappa shape index (κ1) is 26.1. The van der Waals surface area contributed by atoms with Crippen molar-refractivity contribution in [1.29, 1.82) is 0 Å². The number of nitrogens with two attached hydrogens (primary N) is 1. The molecule has 0 saturated carbocycles. The molecule has 8 heteroatoms. The Morgan fingerprint density at radius 2 is 1.54 bits per heavy atom. The number of primary amides is 1. The van der Waals surface area contributed by atoms with Gasteiger partial charge in [-0.3, -0.25) is 14.9 Å². The van der Waals surface area contributed by atoms with Crippen molar-refractivity contribution in [2.24, 2.45) is 5.73 Å². The van der Waals surface area contributed by atoms with Crippen molar-refractivity contribution < 1.29 is 14.3 Å². The Morgan fingerprint density at radius 3 is 2.16 bits per heavy atom. The Morgan fingerprint density at radius 1 is 0.919 bits per heavy atom. The van der Waals surface area contributed by atoms with Gasteiger partial charge in [-0.05, 0) is 60.1 Å². The SMILES string of the molecule is Cc1c(Cc2ccccc2)sc(NC(=S)NC(=O)c2ccc(OCCc3ccccc3)cc2)c1C(N)=O. The van der Waals surface area contributed by atoms with Crippen molar-refractivity contribution in [2.75, 3.05) is 11.9 Å². The number of ether oxygens (including phenoxy) is 1. The third-order valence-electron chi connectivity index (χ3n) is 5.77. The number of nitrogens with one attached hydrogen (secondary N) is 2. The molecule has 3 aromatic carbocycles. The van der Waals surface area contributed by atoms with Crippen LogP contribution in [-0.2, 0) is 12.8 Å². The summed E-state index contributed by atoms with van der Waals surface area (Å²) >= 11 is 6.76. The van der Waals surface area contributed by atoms with Gasteiger partial charge >= 0.3 is 0 Å². The van der Waals surface area contributed by atoms with E-state index in [1.54, 1.807) is 24.3 Å². The monoisotopic (exact) mass is 529 g/mol. The number of carbonyl (C=O) groups excluding carboxylic acids is 2. The second kappa shape index (κ2) is 12.3. The zero-order chi connectivity index (χ0) is 26.2. The first-order valence-corrected chi connectivity index (χ1v) is 13.0. The molecule has 0 aliphatic carbocycles. The molecule has 188 valence electrons. The zero-order valence-electron chi connectivity index (χ0n) is 20.3. The van der Waals surface area contributed by atoms with Gasteiger partial charge in [0.2, 0.25) is 0 Å². The van der Waals surface area contributed by atoms with Gasteiger partial charge in [0.05, 0.1) is 12.2 Å². The lowest BCUT2D eigenvalue weighted by Gasteiger charge is -2.10. The summed E-state index contributed by atoms with van der Waals surface area (Å²) in [5.41, 5.74) is 9.60. The van der Waals surface area contributed by atoms with E-state index in [0.717, 1.165) is 22.4 Å². The topological polar surface area (TPSA) is 93.4 Å². The molecule has 0 saturated heterocycles. The van der Waals surface area contributed by atoms with Crippen molar-refractivity contribution in [2.45, 2.75) is 19.8 Å². The maximum Gasteiger partial charge on any atom is 0.257 e. The van der Waals surface area contributed by atoms with Crippen molar-refractivity contribution in [1.82, 2.24) is 5.32 Å². The van der Waals surface area contributed by atoms with Gasteiger partial charge < -0.3 is 15.8 Å². The van der Waals surface area contributed by atoms with Crippen LogP contribution in [0.15, 0.2) is 84.9 Å². The molecule has 4 rings (SSSR count). The molecule has 0 unspecified atom stereocenters. The number of hydrogen-bond acceptors (Lipinski definition) is 5. The molecule has 0 aliphatic rings. The minimum absolute atomic E-state index is 0.0863. The van der Waals surface area contributed by atoms with Gasteiger partial charge in [-0.2, -0.15) is 0 Å². The van der Waals surface area contributed by atoms with Crippen molar-refractivity contribution >= 4 is 45.5 Å². The standard InChI is InChI=1S/C29H27N3O3S2/c1-19-24(18-21-10-6-3-7-11-21)37-28(25(19)26(30)33)32-29(36)31-27(34)22-12-14-23(15-13-22)35-17-16-20-8-4-2-5-9-20/h2-15H,16-18H2,1H3,(H2,30,33)(H2,31,32,34,36). The summed E-state index contributed by atoms with van der Waals surface area (Å²) in [5.74, 6) is -0.237. The van der Waals surface area contributed by atoms with Crippen LogP contribution in [0.2, 0.25) is 0 Å². The molecule has 4 N–H and O–H groups in total. The van der Waals surface area contributed by atoms with Crippen LogP contribution in [0, 0.1) is 6.92 Å². The smallest absolute Gasteiger partial charge is 0.257 e. The highest BCUT2D eigenvalue weighted by Gasteiger charge is 2.21. The fraction of sp³-hybridized carbons (Fsp3) is 0.138. The summed E-state index contributed by atoms with van der Waals surface area (Å²) in [6, 6.07) is 26.9. The van der Waals surface area contributed by atoms with Crippen LogP contribution >= 0.6 is 23.6 Å². The van der Waals surface area contributed by atoms with E-state index in [0.29, 0.717) is 34.9 Å². The average molecular weight is 530 g/mol. The van der Waals surface area contributed by atoms with Crippen LogP contribution in [0.5, 0.6) is 5.75 Å². The second-order valence-electron chi connectivity index (χ2n) is 8.40. The van der Waals surface area contributed by atoms with Gasteiger partial charge in [0, 0.05) is 23.3 Å². The number of rotatable bonds is 9. The molecular formula is C29H27N3O3S2. The molecule has 1 aromatic heterocycles. The quantitative estimate of drug-likeness (QED) is 0.249. The van der Waals surface area contributed by atoms with Crippen molar-refractivity contribution in [3.05, 3.63) is 118 Å². The first-order chi connectivity index (χ1) is 17.9. The van der Waals surface area contributed by atoms with Gasteiger partial charge in [-0.1, -0.05) is 60.7 Å². The maximum absolute atomic E-state index is 12.7. The van der Waals surface area contributed by atoms with Gasteiger partial charge in [0.25, 0.3) is 11.8 Å². The van der Waals surface area contributed by atoms with Crippen LogP contribution in [0.25, 0.3) is 0 Å². The fourth-order valence-electron chi connectivity index (χ4n) is 3.84. The average Bonchev–Trinajstić information content (AvgIpc) is 3.19. The van der Waals surface area contributed by atoms with Crippen LogP contribution in [0.3, 0.4) is 0 Å². The zero-order valence-corrected chi connectivity index (χ0v) is 22.0. The number of carbonyl (C=O) groups is 2. The van der Waals surface area contributed by atoms with E-state index in [1.165, 1.54) is 16.9 Å². The third-order valence-corrected chi connectivity index (χ3v) is 7.18. The fourth-order valence-corrected chi connectivity index (χ4v) is 5.35.